The SMILES string of the molecule is CNC.Cc1c(C)c(C)c(C)c(C)c1C. The molecule has 1 heteroatoms. The minimum Gasteiger partial charge on any atom is -0.323 e. The second kappa shape index (κ2) is 5.92. The number of nitrogens with one attached hydrogen (secondary N) is 1. The summed E-state index contributed by atoms with van der Waals surface area (Å²) in [4.78, 5) is 0. The van der Waals surface area contributed by atoms with Crippen LogP contribution in [-0.2, 0) is 0 Å². The van der Waals surface area contributed by atoms with Crippen molar-refractivity contribution >= 4 is 0 Å². The van der Waals surface area contributed by atoms with Gasteiger partial charge in [-0.3, -0.25) is 0 Å². The second-order valence-corrected chi connectivity index (χ2v) is 4.25. The molecule has 0 radical (unpaired) electrons. The van der Waals surface area contributed by atoms with E-state index in [9.17, 15) is 0 Å². The van der Waals surface area contributed by atoms with Crippen LogP contribution < -0.4 is 5.32 Å². The first-order valence-corrected chi connectivity index (χ1v) is 5.50. The van der Waals surface area contributed by atoms with Crippen LogP contribution in [0.25, 0.3) is 0 Å². The Bertz CT molecular complexity index is 233. The number of hydrogen-bond acceptors (Lipinski definition) is 1. The molecule has 0 aliphatic carbocycles. The lowest BCUT2D eigenvalue weighted by Crippen LogP contribution is -1.98. The van der Waals surface area contributed by atoms with Crippen molar-refractivity contribution in [2.45, 2.75) is 41.5 Å². The standard InChI is InChI=1S/C12H18.C2H7N/c1-7-8(2)10(4)12(6)11(5)9(7)3;1-3-2/h1-6H3;3H,1-2H3. The molecule has 0 aliphatic heterocycles. The summed E-state index contributed by atoms with van der Waals surface area (Å²) in [5.74, 6) is 0. The average molecular weight is 207 g/mol. The van der Waals surface area contributed by atoms with E-state index in [-0.39, 0.29) is 0 Å². The molecule has 0 atom stereocenters. The molecule has 1 aromatic carbocycles. The average Bonchev–Trinajstić information content (AvgIpc) is 2.22. The Morgan fingerprint density at radius 3 is 0.600 bits per heavy atom. The zero-order chi connectivity index (χ0) is 12.2. The Morgan fingerprint density at radius 1 is 0.467 bits per heavy atom. The van der Waals surface area contributed by atoms with Crippen LogP contribution in [0.4, 0.5) is 0 Å². The summed E-state index contributed by atoms with van der Waals surface area (Å²) in [5, 5.41) is 2.75. The van der Waals surface area contributed by atoms with Crippen molar-refractivity contribution in [3.05, 3.63) is 33.4 Å². The molecule has 0 saturated carbocycles. The van der Waals surface area contributed by atoms with E-state index in [2.05, 4.69) is 46.9 Å². The molecule has 0 unspecified atom stereocenters. The van der Waals surface area contributed by atoms with Crippen LogP contribution in [-0.4, -0.2) is 14.1 Å². The summed E-state index contributed by atoms with van der Waals surface area (Å²) in [6.45, 7) is 13.3. The fourth-order valence-corrected chi connectivity index (χ4v) is 1.69. The van der Waals surface area contributed by atoms with E-state index in [4.69, 9.17) is 0 Å². The smallest absolute Gasteiger partial charge is 0.0167 e. The quantitative estimate of drug-likeness (QED) is 0.688. The molecule has 0 bridgehead atoms. The summed E-state index contributed by atoms with van der Waals surface area (Å²) in [5.41, 5.74) is 8.73. The third-order valence-electron chi connectivity index (χ3n) is 3.38. The Balaban J connectivity index is 0.000000583. The molecule has 1 aromatic rings. The lowest BCUT2D eigenvalue weighted by atomic mass is 9.90. The fraction of sp³-hybridized carbons (Fsp3) is 0.571. The van der Waals surface area contributed by atoms with Crippen molar-refractivity contribution in [2.24, 2.45) is 0 Å². The van der Waals surface area contributed by atoms with Crippen LogP contribution in [0, 0.1) is 41.5 Å². The van der Waals surface area contributed by atoms with Crippen LogP contribution in [0.1, 0.15) is 33.4 Å². The Morgan fingerprint density at radius 2 is 0.533 bits per heavy atom. The zero-order valence-corrected chi connectivity index (χ0v) is 11.5. The van der Waals surface area contributed by atoms with E-state index in [1.54, 1.807) is 0 Å². The third kappa shape index (κ3) is 3.07. The molecule has 1 rings (SSSR count). The summed E-state index contributed by atoms with van der Waals surface area (Å²) in [6, 6.07) is 0. The summed E-state index contributed by atoms with van der Waals surface area (Å²) in [7, 11) is 3.75. The number of hydrogen-bond donors (Lipinski definition) is 1. The van der Waals surface area contributed by atoms with Crippen LogP contribution in [0.2, 0.25) is 0 Å². The minimum absolute atomic E-state index is 1.45. The van der Waals surface area contributed by atoms with Gasteiger partial charge >= 0.3 is 0 Å². The summed E-state index contributed by atoms with van der Waals surface area (Å²) in [6.07, 6.45) is 0. The highest BCUT2D eigenvalue weighted by molar-refractivity contribution is 5.48. The maximum absolute atomic E-state index is 2.75. The van der Waals surface area contributed by atoms with Crippen LogP contribution in [0.15, 0.2) is 0 Å². The van der Waals surface area contributed by atoms with Gasteiger partial charge in [-0.15, -0.1) is 0 Å². The highest BCUT2D eigenvalue weighted by atomic mass is 14.7. The molecule has 0 amide bonds. The molecule has 15 heavy (non-hydrogen) atoms. The van der Waals surface area contributed by atoms with Gasteiger partial charge in [0.05, 0.1) is 0 Å². The molecule has 0 fully saturated rings. The van der Waals surface area contributed by atoms with E-state index in [1.807, 2.05) is 14.1 Å². The highest BCUT2D eigenvalue weighted by Gasteiger charge is 2.07. The van der Waals surface area contributed by atoms with Gasteiger partial charge in [-0.2, -0.15) is 0 Å². The highest BCUT2D eigenvalue weighted by Crippen LogP contribution is 2.24. The summed E-state index contributed by atoms with van der Waals surface area (Å²) >= 11 is 0. The van der Waals surface area contributed by atoms with Gasteiger partial charge in [0.25, 0.3) is 0 Å². The fourth-order valence-electron chi connectivity index (χ4n) is 1.69. The van der Waals surface area contributed by atoms with Gasteiger partial charge in [0, 0.05) is 0 Å². The largest absolute Gasteiger partial charge is 0.323 e. The topological polar surface area (TPSA) is 12.0 Å². The first kappa shape index (κ1) is 14.2. The molecule has 0 heterocycles. The van der Waals surface area contributed by atoms with Gasteiger partial charge in [-0.05, 0) is 89.0 Å². The third-order valence-corrected chi connectivity index (χ3v) is 3.38. The maximum atomic E-state index is 2.75. The van der Waals surface area contributed by atoms with Crippen molar-refractivity contribution in [1.29, 1.82) is 0 Å². The molecule has 86 valence electrons. The Kier molecular flexibility index (Phi) is 5.59. The van der Waals surface area contributed by atoms with Crippen LogP contribution in [0.3, 0.4) is 0 Å². The maximum Gasteiger partial charge on any atom is -0.0167 e. The molecule has 0 aromatic heterocycles. The molecular formula is C14H25N. The van der Waals surface area contributed by atoms with Gasteiger partial charge in [-0.25, -0.2) is 0 Å². The zero-order valence-electron chi connectivity index (χ0n) is 11.5. The number of rotatable bonds is 0. The predicted molar refractivity (Wildman–Crippen MR) is 69.8 cm³/mol. The van der Waals surface area contributed by atoms with Crippen molar-refractivity contribution in [3.8, 4) is 0 Å². The van der Waals surface area contributed by atoms with E-state index in [0.717, 1.165) is 0 Å². The van der Waals surface area contributed by atoms with E-state index in [1.165, 1.54) is 33.4 Å². The van der Waals surface area contributed by atoms with Crippen molar-refractivity contribution in [2.75, 3.05) is 14.1 Å². The Labute approximate surface area is 94.9 Å². The molecule has 0 aliphatic rings. The Hall–Kier alpha value is -0.820. The van der Waals surface area contributed by atoms with Crippen molar-refractivity contribution in [1.82, 2.24) is 5.32 Å². The number of benzene rings is 1. The van der Waals surface area contributed by atoms with Gasteiger partial charge in [0.2, 0.25) is 0 Å². The second-order valence-electron chi connectivity index (χ2n) is 4.25. The first-order valence-electron chi connectivity index (χ1n) is 5.50. The molecule has 0 saturated heterocycles. The molecule has 1 N–H and O–H groups in total. The van der Waals surface area contributed by atoms with E-state index >= 15 is 0 Å². The molecule has 1 nitrogen and oxygen atoms in total. The van der Waals surface area contributed by atoms with Crippen molar-refractivity contribution < 1.29 is 0 Å². The van der Waals surface area contributed by atoms with E-state index in [0.29, 0.717) is 0 Å². The predicted octanol–water partition coefficient (Wildman–Crippen LogP) is 3.37. The van der Waals surface area contributed by atoms with Gasteiger partial charge < -0.3 is 5.32 Å². The first-order chi connectivity index (χ1) is 6.88. The van der Waals surface area contributed by atoms with E-state index < -0.39 is 0 Å². The van der Waals surface area contributed by atoms with Crippen LogP contribution in [0.5, 0.6) is 0 Å². The normalized spacial score (nSPS) is 9.60. The lowest BCUT2D eigenvalue weighted by molar-refractivity contribution is 1.02. The van der Waals surface area contributed by atoms with Gasteiger partial charge in [0.15, 0.2) is 0 Å². The van der Waals surface area contributed by atoms with Gasteiger partial charge in [-0.1, -0.05) is 0 Å². The monoisotopic (exact) mass is 207 g/mol. The van der Waals surface area contributed by atoms with Crippen molar-refractivity contribution in [3.63, 3.8) is 0 Å². The molecule has 0 spiro atoms. The minimum atomic E-state index is 1.45. The van der Waals surface area contributed by atoms with Gasteiger partial charge in [0.1, 0.15) is 0 Å². The molecular weight excluding hydrogens is 182 g/mol. The lowest BCUT2D eigenvalue weighted by Gasteiger charge is -2.15. The summed E-state index contributed by atoms with van der Waals surface area (Å²) < 4.78 is 0. The van der Waals surface area contributed by atoms with Crippen LogP contribution >= 0.6 is 0 Å².